The van der Waals surface area contributed by atoms with Crippen molar-refractivity contribution in [3.63, 3.8) is 0 Å². The van der Waals surface area contributed by atoms with E-state index >= 15 is 0 Å². The summed E-state index contributed by atoms with van der Waals surface area (Å²) in [6, 6.07) is 13.6. The molecule has 8 heteroatoms. The summed E-state index contributed by atoms with van der Waals surface area (Å²) in [5.41, 5.74) is 2.06. The first-order valence-corrected chi connectivity index (χ1v) is 9.35. The Bertz CT molecular complexity index is 1010. The number of carbonyl (C=O) groups is 1. The Hall–Kier alpha value is -3.52. The van der Waals surface area contributed by atoms with Gasteiger partial charge in [-0.2, -0.15) is 0 Å². The van der Waals surface area contributed by atoms with E-state index in [1.54, 1.807) is 23.6 Å². The van der Waals surface area contributed by atoms with Crippen LogP contribution in [0.3, 0.4) is 0 Å². The number of amides is 1. The molecule has 0 aliphatic carbocycles. The molecule has 142 valence electrons. The highest BCUT2D eigenvalue weighted by atomic mass is 32.1. The number of nitrogens with zero attached hydrogens (tertiary/aromatic N) is 2. The van der Waals surface area contributed by atoms with Gasteiger partial charge in [0.15, 0.2) is 5.13 Å². The highest BCUT2D eigenvalue weighted by Crippen LogP contribution is 2.27. The van der Waals surface area contributed by atoms with Gasteiger partial charge in [-0.3, -0.25) is 20.2 Å². The highest BCUT2D eigenvalue weighted by Gasteiger charge is 2.10. The van der Waals surface area contributed by atoms with Gasteiger partial charge in [0.2, 0.25) is 5.91 Å². The van der Waals surface area contributed by atoms with E-state index in [0.29, 0.717) is 23.0 Å². The summed E-state index contributed by atoms with van der Waals surface area (Å²) in [5, 5.41) is 15.7. The number of nitro benzene ring substituents is 1. The smallest absolute Gasteiger partial charge is 0.270 e. The molecule has 3 rings (SSSR count). The van der Waals surface area contributed by atoms with Crippen molar-refractivity contribution in [3.8, 4) is 17.0 Å². The number of hydrogen-bond acceptors (Lipinski definition) is 6. The van der Waals surface area contributed by atoms with Crippen LogP contribution in [-0.2, 0) is 4.79 Å². The molecule has 0 atom stereocenters. The molecule has 28 heavy (non-hydrogen) atoms. The molecule has 7 nitrogen and oxygen atoms in total. The fourth-order valence-corrected chi connectivity index (χ4v) is 3.13. The Balaban J connectivity index is 1.63. The minimum atomic E-state index is -0.454. The molecule has 3 aromatic rings. The van der Waals surface area contributed by atoms with E-state index in [2.05, 4.69) is 10.3 Å². The first kappa shape index (κ1) is 19.2. The summed E-state index contributed by atoms with van der Waals surface area (Å²) >= 11 is 1.25. The third-order valence-electron chi connectivity index (χ3n) is 3.71. The van der Waals surface area contributed by atoms with Crippen LogP contribution in [0.1, 0.15) is 12.5 Å². The molecule has 0 saturated carbocycles. The van der Waals surface area contributed by atoms with Crippen LogP contribution in [0.5, 0.6) is 5.75 Å². The molecule has 1 amide bonds. The lowest BCUT2D eigenvalue weighted by Crippen LogP contribution is -2.07. The second kappa shape index (κ2) is 8.92. The quantitative estimate of drug-likeness (QED) is 0.353. The van der Waals surface area contributed by atoms with Gasteiger partial charge in [-0.05, 0) is 30.7 Å². The number of ether oxygens (including phenoxy) is 1. The van der Waals surface area contributed by atoms with Gasteiger partial charge in [0.25, 0.3) is 5.69 Å². The van der Waals surface area contributed by atoms with Gasteiger partial charge in [0.05, 0.1) is 17.2 Å². The maximum absolute atomic E-state index is 12.1. The average molecular weight is 395 g/mol. The van der Waals surface area contributed by atoms with Gasteiger partial charge in [-0.1, -0.05) is 24.3 Å². The van der Waals surface area contributed by atoms with E-state index in [1.165, 1.54) is 29.5 Å². The Morgan fingerprint density at radius 1 is 1.29 bits per heavy atom. The predicted octanol–water partition coefficient (Wildman–Crippen LogP) is 4.77. The standard InChI is InChI=1S/C20H17N3O4S/c1-2-27-17-9-6-14(7-10-17)8-11-19(24)22-20-21-18(13-28-20)15-4-3-5-16(12-15)23(25)26/h3-13H,2H2,1H3,(H,21,22,24)/b11-8+. The molecule has 0 saturated heterocycles. The predicted molar refractivity (Wildman–Crippen MR) is 109 cm³/mol. The number of hydrogen-bond donors (Lipinski definition) is 1. The van der Waals surface area contributed by atoms with E-state index in [1.807, 2.05) is 31.2 Å². The monoisotopic (exact) mass is 395 g/mol. The summed E-state index contributed by atoms with van der Waals surface area (Å²) in [7, 11) is 0. The second-order valence-corrected chi connectivity index (χ2v) is 6.53. The lowest BCUT2D eigenvalue weighted by molar-refractivity contribution is -0.384. The van der Waals surface area contributed by atoms with Crippen molar-refractivity contribution >= 4 is 34.1 Å². The van der Waals surface area contributed by atoms with Crippen molar-refractivity contribution < 1.29 is 14.5 Å². The molecule has 0 aliphatic rings. The van der Waals surface area contributed by atoms with Crippen LogP contribution >= 0.6 is 11.3 Å². The maximum Gasteiger partial charge on any atom is 0.270 e. The normalized spacial score (nSPS) is 10.8. The summed E-state index contributed by atoms with van der Waals surface area (Å²) in [6.07, 6.45) is 3.12. The second-order valence-electron chi connectivity index (χ2n) is 5.67. The van der Waals surface area contributed by atoms with Gasteiger partial charge in [0.1, 0.15) is 5.75 Å². The fourth-order valence-electron chi connectivity index (χ4n) is 2.40. The van der Waals surface area contributed by atoms with Crippen molar-refractivity contribution in [1.82, 2.24) is 4.98 Å². The number of benzene rings is 2. The van der Waals surface area contributed by atoms with Crippen molar-refractivity contribution in [2.75, 3.05) is 11.9 Å². The van der Waals surface area contributed by atoms with Crippen LogP contribution < -0.4 is 10.1 Å². The Labute approximate surface area is 165 Å². The number of nitrogens with one attached hydrogen (secondary N) is 1. The molecule has 0 spiro atoms. The third kappa shape index (κ3) is 5.01. The van der Waals surface area contributed by atoms with Crippen LogP contribution in [0.2, 0.25) is 0 Å². The number of carbonyl (C=O) groups excluding carboxylic acids is 1. The molecule has 1 N–H and O–H groups in total. The number of nitro groups is 1. The van der Waals surface area contributed by atoms with E-state index in [-0.39, 0.29) is 11.6 Å². The molecule has 1 aromatic heterocycles. The molecule has 0 unspecified atom stereocenters. The Morgan fingerprint density at radius 2 is 2.07 bits per heavy atom. The van der Waals surface area contributed by atoms with E-state index in [4.69, 9.17) is 4.74 Å². The molecule has 2 aromatic carbocycles. The van der Waals surface area contributed by atoms with Crippen LogP contribution in [0.25, 0.3) is 17.3 Å². The fraction of sp³-hybridized carbons (Fsp3) is 0.100. The Kier molecular flexibility index (Phi) is 6.13. The third-order valence-corrected chi connectivity index (χ3v) is 4.46. The zero-order chi connectivity index (χ0) is 19.9. The van der Waals surface area contributed by atoms with Gasteiger partial charge in [0, 0.05) is 29.2 Å². The van der Waals surface area contributed by atoms with Crippen molar-refractivity contribution in [1.29, 1.82) is 0 Å². The number of aromatic nitrogens is 1. The molecular formula is C20H17N3O4S. The minimum absolute atomic E-state index is 0.00521. The zero-order valence-electron chi connectivity index (χ0n) is 15.0. The maximum atomic E-state index is 12.1. The molecule has 0 fully saturated rings. The molecule has 1 heterocycles. The van der Waals surface area contributed by atoms with Crippen molar-refractivity contribution in [2.45, 2.75) is 6.92 Å². The summed E-state index contributed by atoms with van der Waals surface area (Å²) in [6.45, 7) is 2.52. The number of thiazole rings is 1. The lowest BCUT2D eigenvalue weighted by Gasteiger charge is -2.02. The van der Waals surface area contributed by atoms with Crippen molar-refractivity contribution in [2.24, 2.45) is 0 Å². The Morgan fingerprint density at radius 3 is 2.79 bits per heavy atom. The topological polar surface area (TPSA) is 94.4 Å². The molecule has 0 radical (unpaired) electrons. The largest absolute Gasteiger partial charge is 0.494 e. The van der Waals surface area contributed by atoms with E-state index in [9.17, 15) is 14.9 Å². The highest BCUT2D eigenvalue weighted by molar-refractivity contribution is 7.14. The number of non-ortho nitro benzene ring substituents is 1. The molecule has 0 bridgehead atoms. The summed E-state index contributed by atoms with van der Waals surface area (Å²) in [4.78, 5) is 26.9. The van der Waals surface area contributed by atoms with Crippen LogP contribution in [0.15, 0.2) is 60.0 Å². The average Bonchev–Trinajstić information content (AvgIpc) is 3.16. The SMILES string of the molecule is CCOc1ccc(/C=C/C(=O)Nc2nc(-c3cccc([N+](=O)[O-])c3)cs2)cc1. The van der Waals surface area contributed by atoms with E-state index in [0.717, 1.165) is 11.3 Å². The van der Waals surface area contributed by atoms with Gasteiger partial charge < -0.3 is 4.74 Å². The van der Waals surface area contributed by atoms with E-state index < -0.39 is 4.92 Å². The van der Waals surface area contributed by atoms with Crippen LogP contribution in [0, 0.1) is 10.1 Å². The van der Waals surface area contributed by atoms with Crippen molar-refractivity contribution in [3.05, 3.63) is 75.7 Å². The zero-order valence-corrected chi connectivity index (χ0v) is 15.8. The first-order valence-electron chi connectivity index (χ1n) is 8.47. The minimum Gasteiger partial charge on any atom is -0.494 e. The van der Waals surface area contributed by atoms with Crippen LogP contribution in [-0.4, -0.2) is 22.4 Å². The number of rotatable bonds is 7. The van der Waals surface area contributed by atoms with Gasteiger partial charge in [-0.15, -0.1) is 11.3 Å². The van der Waals surface area contributed by atoms with Crippen LogP contribution in [0.4, 0.5) is 10.8 Å². The molecule has 0 aliphatic heterocycles. The summed E-state index contributed by atoms with van der Waals surface area (Å²) < 4.78 is 5.38. The lowest BCUT2D eigenvalue weighted by atomic mass is 10.1. The first-order chi connectivity index (χ1) is 13.5. The van der Waals surface area contributed by atoms with Gasteiger partial charge >= 0.3 is 0 Å². The van der Waals surface area contributed by atoms with Gasteiger partial charge in [-0.25, -0.2) is 4.98 Å². The summed E-state index contributed by atoms with van der Waals surface area (Å²) in [5.74, 6) is 0.467. The molecular weight excluding hydrogens is 378 g/mol. The number of anilines is 1.